The lowest BCUT2D eigenvalue weighted by Crippen LogP contribution is -2.43. The van der Waals surface area contributed by atoms with E-state index in [2.05, 4.69) is 15.4 Å². The van der Waals surface area contributed by atoms with Crippen LogP contribution in [0.25, 0.3) is 0 Å². The van der Waals surface area contributed by atoms with Crippen LogP contribution >= 0.6 is 0 Å². The Bertz CT molecular complexity index is 824. The number of rotatable bonds is 8. The summed E-state index contributed by atoms with van der Waals surface area (Å²) in [5, 5.41) is 5.73. The quantitative estimate of drug-likeness (QED) is 0.582. The molecule has 166 valence electrons. The smallest absolute Gasteiger partial charge is 0.240 e. The van der Waals surface area contributed by atoms with E-state index in [4.69, 9.17) is 0 Å². The molecule has 0 saturated heterocycles. The first-order valence-electron chi connectivity index (χ1n) is 11.0. The number of sulfonamides is 1. The van der Waals surface area contributed by atoms with E-state index in [0.717, 1.165) is 44.1 Å². The average molecular weight is 436 g/mol. The zero-order valence-electron chi connectivity index (χ0n) is 17.7. The molecule has 0 unspecified atom stereocenters. The third-order valence-corrected chi connectivity index (χ3v) is 7.69. The second-order valence-electron chi connectivity index (χ2n) is 8.65. The molecule has 0 spiro atoms. The minimum Gasteiger partial charge on any atom is -0.352 e. The largest absolute Gasteiger partial charge is 0.352 e. The van der Waals surface area contributed by atoms with Crippen LogP contribution in [0.1, 0.15) is 56.9 Å². The molecule has 3 rings (SSSR count). The first kappa shape index (κ1) is 22.7. The molecule has 2 amide bonds. The van der Waals surface area contributed by atoms with Gasteiger partial charge in [-0.2, -0.15) is 0 Å². The molecule has 0 aromatic heterocycles. The predicted molar refractivity (Wildman–Crippen MR) is 115 cm³/mol. The standard InChI is InChI=1S/C22H33N3O4S/c1-16-6-12-20(13-7-16)30(28,29)24-14-17-8-10-18(11-9-17)22(27)23-15-21(26)25-19-4-2-3-5-19/h6-7,12-13,17-19,24H,2-5,8-11,14-15H2,1H3,(H,23,27)(H,25,26). The monoisotopic (exact) mass is 435 g/mol. The highest BCUT2D eigenvalue weighted by Gasteiger charge is 2.27. The fourth-order valence-corrected chi connectivity index (χ4v) is 5.43. The second kappa shape index (κ2) is 10.4. The number of nitrogens with one attached hydrogen (secondary N) is 3. The van der Waals surface area contributed by atoms with Crippen molar-refractivity contribution < 1.29 is 18.0 Å². The maximum Gasteiger partial charge on any atom is 0.240 e. The third kappa shape index (κ3) is 6.54. The average Bonchev–Trinajstić information content (AvgIpc) is 3.24. The summed E-state index contributed by atoms with van der Waals surface area (Å²) in [6, 6.07) is 7.05. The lowest BCUT2D eigenvalue weighted by Gasteiger charge is -2.27. The van der Waals surface area contributed by atoms with Crippen LogP contribution in [-0.4, -0.2) is 39.4 Å². The molecule has 1 aromatic carbocycles. The van der Waals surface area contributed by atoms with Gasteiger partial charge in [0.2, 0.25) is 21.8 Å². The van der Waals surface area contributed by atoms with Gasteiger partial charge in [-0.25, -0.2) is 13.1 Å². The summed E-state index contributed by atoms with van der Waals surface area (Å²) in [5.74, 6) is -0.0705. The summed E-state index contributed by atoms with van der Waals surface area (Å²) < 4.78 is 27.5. The van der Waals surface area contributed by atoms with Crippen LogP contribution in [-0.2, 0) is 19.6 Å². The Labute approximate surface area is 179 Å². The van der Waals surface area contributed by atoms with Crippen LogP contribution in [0, 0.1) is 18.8 Å². The molecule has 7 nitrogen and oxygen atoms in total. The molecule has 3 N–H and O–H groups in total. The van der Waals surface area contributed by atoms with E-state index in [-0.39, 0.29) is 41.1 Å². The van der Waals surface area contributed by atoms with Gasteiger partial charge in [-0.05, 0) is 63.5 Å². The minimum absolute atomic E-state index is 0.0333. The van der Waals surface area contributed by atoms with Gasteiger partial charge in [0.05, 0.1) is 11.4 Å². The van der Waals surface area contributed by atoms with Gasteiger partial charge in [0.15, 0.2) is 0 Å². The third-order valence-electron chi connectivity index (χ3n) is 6.25. The van der Waals surface area contributed by atoms with Crippen molar-refractivity contribution in [2.45, 2.75) is 69.2 Å². The van der Waals surface area contributed by atoms with Crippen molar-refractivity contribution in [2.75, 3.05) is 13.1 Å². The lowest BCUT2D eigenvalue weighted by atomic mass is 9.81. The molecule has 0 bridgehead atoms. The Kier molecular flexibility index (Phi) is 7.88. The highest BCUT2D eigenvalue weighted by Crippen LogP contribution is 2.29. The number of amides is 2. The van der Waals surface area contributed by atoms with Crippen molar-refractivity contribution in [3.8, 4) is 0 Å². The van der Waals surface area contributed by atoms with Crippen molar-refractivity contribution in [1.29, 1.82) is 0 Å². The van der Waals surface area contributed by atoms with E-state index in [0.29, 0.717) is 19.4 Å². The Morgan fingerprint density at radius 3 is 2.23 bits per heavy atom. The van der Waals surface area contributed by atoms with Gasteiger partial charge in [-0.1, -0.05) is 30.5 Å². The van der Waals surface area contributed by atoms with E-state index in [9.17, 15) is 18.0 Å². The minimum atomic E-state index is -3.51. The number of benzene rings is 1. The lowest BCUT2D eigenvalue weighted by molar-refractivity contribution is -0.129. The van der Waals surface area contributed by atoms with Crippen LogP contribution in [0.4, 0.5) is 0 Å². The van der Waals surface area contributed by atoms with Gasteiger partial charge in [-0.15, -0.1) is 0 Å². The fourth-order valence-electron chi connectivity index (χ4n) is 4.32. The molecular formula is C22H33N3O4S. The molecule has 2 fully saturated rings. The summed E-state index contributed by atoms with van der Waals surface area (Å²) in [4.78, 5) is 24.6. The van der Waals surface area contributed by atoms with Crippen molar-refractivity contribution in [3.63, 3.8) is 0 Å². The van der Waals surface area contributed by atoms with Crippen molar-refractivity contribution in [1.82, 2.24) is 15.4 Å². The van der Waals surface area contributed by atoms with E-state index in [1.807, 2.05) is 6.92 Å². The van der Waals surface area contributed by atoms with Gasteiger partial charge in [-0.3, -0.25) is 9.59 Å². The molecule has 0 aliphatic heterocycles. The zero-order chi connectivity index (χ0) is 21.6. The molecular weight excluding hydrogens is 402 g/mol. The highest BCUT2D eigenvalue weighted by atomic mass is 32.2. The van der Waals surface area contributed by atoms with Crippen molar-refractivity contribution in [2.24, 2.45) is 11.8 Å². The van der Waals surface area contributed by atoms with Crippen LogP contribution in [0.15, 0.2) is 29.2 Å². The van der Waals surface area contributed by atoms with Gasteiger partial charge >= 0.3 is 0 Å². The van der Waals surface area contributed by atoms with Crippen LogP contribution in [0.2, 0.25) is 0 Å². The summed E-state index contributed by atoms with van der Waals surface area (Å²) in [5.41, 5.74) is 1.02. The molecule has 2 saturated carbocycles. The van der Waals surface area contributed by atoms with Crippen molar-refractivity contribution >= 4 is 21.8 Å². The number of hydrogen-bond acceptors (Lipinski definition) is 4. The Morgan fingerprint density at radius 1 is 0.967 bits per heavy atom. The summed E-state index contributed by atoms with van der Waals surface area (Å²) in [7, 11) is -3.51. The molecule has 2 aliphatic carbocycles. The van der Waals surface area contributed by atoms with Gasteiger partial charge in [0.1, 0.15) is 0 Å². The molecule has 1 aromatic rings. The second-order valence-corrected chi connectivity index (χ2v) is 10.4. The Balaban J connectivity index is 1.36. The molecule has 8 heteroatoms. The predicted octanol–water partition coefficient (Wildman–Crippen LogP) is 2.25. The van der Waals surface area contributed by atoms with Gasteiger partial charge < -0.3 is 10.6 Å². The van der Waals surface area contributed by atoms with Crippen LogP contribution < -0.4 is 15.4 Å². The molecule has 0 heterocycles. The number of carbonyl (C=O) groups is 2. The molecule has 2 aliphatic rings. The first-order valence-corrected chi connectivity index (χ1v) is 12.5. The van der Waals surface area contributed by atoms with E-state index in [1.54, 1.807) is 24.3 Å². The summed E-state index contributed by atoms with van der Waals surface area (Å²) >= 11 is 0. The van der Waals surface area contributed by atoms with Gasteiger partial charge in [0.25, 0.3) is 0 Å². The van der Waals surface area contributed by atoms with Gasteiger partial charge in [0, 0.05) is 18.5 Å². The summed E-state index contributed by atoms with van der Waals surface area (Å²) in [6.07, 6.45) is 7.38. The molecule has 30 heavy (non-hydrogen) atoms. The number of carbonyl (C=O) groups excluding carboxylic acids is 2. The number of aryl methyl sites for hydroxylation is 1. The topological polar surface area (TPSA) is 104 Å². The number of hydrogen-bond donors (Lipinski definition) is 3. The zero-order valence-corrected chi connectivity index (χ0v) is 18.5. The van der Waals surface area contributed by atoms with E-state index in [1.165, 1.54) is 0 Å². The Hall–Kier alpha value is -1.93. The van der Waals surface area contributed by atoms with E-state index < -0.39 is 10.0 Å². The van der Waals surface area contributed by atoms with Crippen LogP contribution in [0.5, 0.6) is 0 Å². The van der Waals surface area contributed by atoms with E-state index >= 15 is 0 Å². The summed E-state index contributed by atoms with van der Waals surface area (Å²) in [6.45, 7) is 2.33. The molecule has 0 radical (unpaired) electrons. The SMILES string of the molecule is Cc1ccc(S(=O)(=O)NCC2CCC(C(=O)NCC(=O)NC3CCCC3)CC2)cc1. The fraction of sp³-hybridized carbons (Fsp3) is 0.636. The normalized spacial score (nSPS) is 22.6. The maximum absolute atomic E-state index is 12.4. The molecule has 0 atom stereocenters. The Morgan fingerprint density at radius 2 is 1.60 bits per heavy atom. The first-order chi connectivity index (χ1) is 14.3. The van der Waals surface area contributed by atoms with Crippen LogP contribution in [0.3, 0.4) is 0 Å². The van der Waals surface area contributed by atoms with Crippen molar-refractivity contribution in [3.05, 3.63) is 29.8 Å². The maximum atomic E-state index is 12.4. The highest BCUT2D eigenvalue weighted by molar-refractivity contribution is 7.89.